The van der Waals surface area contributed by atoms with Gasteiger partial charge >= 0.3 is 0 Å². The second-order valence-corrected chi connectivity index (χ2v) is 9.53. The largest absolute Gasteiger partial charge is 0.497 e. The lowest BCUT2D eigenvalue weighted by molar-refractivity contribution is 0.0937. The van der Waals surface area contributed by atoms with Crippen molar-refractivity contribution in [2.24, 2.45) is 0 Å². The first kappa shape index (κ1) is 24.3. The predicted octanol–water partition coefficient (Wildman–Crippen LogP) is 4.69. The van der Waals surface area contributed by atoms with Crippen molar-refractivity contribution in [1.82, 2.24) is 5.32 Å². The van der Waals surface area contributed by atoms with Gasteiger partial charge in [-0.15, -0.1) is 0 Å². The quantitative estimate of drug-likeness (QED) is 0.475. The molecule has 0 aliphatic carbocycles. The Kier molecular flexibility index (Phi) is 7.71. The number of nitrogens with one attached hydrogen (secondary N) is 2. The van der Waals surface area contributed by atoms with Crippen LogP contribution in [0.5, 0.6) is 5.75 Å². The summed E-state index contributed by atoms with van der Waals surface area (Å²) in [5, 5.41) is 2.94. The molecule has 0 saturated carbocycles. The van der Waals surface area contributed by atoms with Gasteiger partial charge in [-0.05, 0) is 86.3 Å². The molecule has 2 N–H and O–H groups in total. The zero-order valence-corrected chi connectivity index (χ0v) is 19.6. The van der Waals surface area contributed by atoms with Crippen LogP contribution in [-0.4, -0.2) is 27.5 Å². The number of hydrogen-bond donors (Lipinski definition) is 2. The number of aryl methyl sites for hydroxylation is 2. The molecule has 0 radical (unpaired) electrons. The number of methoxy groups -OCH3 is 1. The van der Waals surface area contributed by atoms with Gasteiger partial charge in [-0.25, -0.2) is 12.8 Å². The second-order valence-electron chi connectivity index (χ2n) is 7.85. The summed E-state index contributed by atoms with van der Waals surface area (Å²) in [6.45, 7) is 3.66. The van der Waals surface area contributed by atoms with E-state index < -0.39 is 15.8 Å². The molecule has 6 nitrogen and oxygen atoms in total. The van der Waals surface area contributed by atoms with E-state index >= 15 is 0 Å². The standard InChI is InChI=1S/C25H27FN2O4S/c1-17-4-15-23(33(30,31)28-21-11-9-20(26)10-12-21)16-24(17)25(29)27-18(2)5-6-19-7-13-22(32-3)14-8-19/h4,7-16,18,28H,5-6H2,1-3H3,(H,27,29). The minimum Gasteiger partial charge on any atom is -0.497 e. The van der Waals surface area contributed by atoms with Crippen LogP contribution < -0.4 is 14.8 Å². The summed E-state index contributed by atoms with van der Waals surface area (Å²) in [5.74, 6) is -0.0127. The van der Waals surface area contributed by atoms with E-state index in [9.17, 15) is 17.6 Å². The SMILES string of the molecule is COc1ccc(CCC(C)NC(=O)c2cc(S(=O)(=O)Nc3ccc(F)cc3)ccc2C)cc1. The molecule has 0 heterocycles. The predicted molar refractivity (Wildman–Crippen MR) is 127 cm³/mol. The summed E-state index contributed by atoms with van der Waals surface area (Å²) in [7, 11) is -2.32. The Bertz CT molecular complexity index is 1210. The molecular formula is C25H27FN2O4S. The molecule has 0 aliphatic rings. The molecule has 0 aromatic heterocycles. The Labute approximate surface area is 193 Å². The molecule has 3 rings (SSSR count). The molecule has 0 aliphatic heterocycles. The lowest BCUT2D eigenvalue weighted by Gasteiger charge is -2.16. The van der Waals surface area contributed by atoms with Crippen LogP contribution in [0, 0.1) is 12.7 Å². The Hall–Kier alpha value is -3.39. The number of sulfonamides is 1. The number of carbonyl (C=O) groups excluding carboxylic acids is 1. The van der Waals surface area contributed by atoms with Gasteiger partial charge in [0.2, 0.25) is 0 Å². The Morgan fingerprint density at radius 1 is 1.03 bits per heavy atom. The van der Waals surface area contributed by atoms with Gasteiger partial charge in [0, 0.05) is 17.3 Å². The highest BCUT2D eigenvalue weighted by atomic mass is 32.2. The van der Waals surface area contributed by atoms with Gasteiger partial charge in [-0.3, -0.25) is 9.52 Å². The van der Waals surface area contributed by atoms with Gasteiger partial charge in [0.25, 0.3) is 15.9 Å². The highest BCUT2D eigenvalue weighted by molar-refractivity contribution is 7.92. The monoisotopic (exact) mass is 470 g/mol. The van der Waals surface area contributed by atoms with E-state index in [2.05, 4.69) is 10.0 Å². The van der Waals surface area contributed by atoms with E-state index in [-0.39, 0.29) is 28.1 Å². The lowest BCUT2D eigenvalue weighted by Crippen LogP contribution is -2.33. The van der Waals surface area contributed by atoms with Gasteiger partial charge in [0.05, 0.1) is 12.0 Å². The molecule has 1 amide bonds. The summed E-state index contributed by atoms with van der Waals surface area (Å²) >= 11 is 0. The van der Waals surface area contributed by atoms with Crippen molar-refractivity contribution in [3.05, 3.63) is 89.2 Å². The number of benzene rings is 3. The van der Waals surface area contributed by atoms with Gasteiger partial charge in [-0.1, -0.05) is 18.2 Å². The van der Waals surface area contributed by atoms with E-state index in [1.54, 1.807) is 20.1 Å². The van der Waals surface area contributed by atoms with Gasteiger partial charge in [-0.2, -0.15) is 0 Å². The third-order valence-corrected chi connectivity index (χ3v) is 6.64. The Balaban J connectivity index is 1.67. The second kappa shape index (κ2) is 10.5. The first-order valence-corrected chi connectivity index (χ1v) is 12.0. The number of carbonyl (C=O) groups is 1. The van der Waals surface area contributed by atoms with Crippen LogP contribution in [0.4, 0.5) is 10.1 Å². The highest BCUT2D eigenvalue weighted by Crippen LogP contribution is 2.20. The topological polar surface area (TPSA) is 84.5 Å². The molecule has 33 heavy (non-hydrogen) atoms. The Morgan fingerprint density at radius 2 is 1.70 bits per heavy atom. The zero-order chi connectivity index (χ0) is 24.0. The van der Waals surface area contributed by atoms with Gasteiger partial charge < -0.3 is 10.1 Å². The van der Waals surface area contributed by atoms with E-state index in [1.807, 2.05) is 31.2 Å². The fourth-order valence-corrected chi connectivity index (χ4v) is 4.38. The molecule has 174 valence electrons. The first-order valence-electron chi connectivity index (χ1n) is 10.5. The van der Waals surface area contributed by atoms with Gasteiger partial charge in [0.15, 0.2) is 0 Å². The summed E-state index contributed by atoms with van der Waals surface area (Å²) in [4.78, 5) is 12.8. The number of hydrogen-bond acceptors (Lipinski definition) is 4. The van der Waals surface area contributed by atoms with Crippen LogP contribution in [0.15, 0.2) is 71.6 Å². The first-order chi connectivity index (χ1) is 15.7. The molecule has 0 bridgehead atoms. The molecule has 1 unspecified atom stereocenters. The maximum atomic E-state index is 13.1. The normalized spacial score (nSPS) is 12.1. The van der Waals surface area contributed by atoms with Crippen LogP contribution in [0.25, 0.3) is 0 Å². The van der Waals surface area contributed by atoms with Crippen molar-refractivity contribution in [2.45, 2.75) is 37.6 Å². The summed E-state index contributed by atoms with van der Waals surface area (Å²) < 4.78 is 46.2. The molecule has 3 aromatic rings. The van der Waals surface area contributed by atoms with Crippen molar-refractivity contribution in [2.75, 3.05) is 11.8 Å². The number of halogens is 1. The minimum absolute atomic E-state index is 0.0477. The van der Waals surface area contributed by atoms with Crippen LogP contribution in [-0.2, 0) is 16.4 Å². The smallest absolute Gasteiger partial charge is 0.261 e. The summed E-state index contributed by atoms with van der Waals surface area (Å²) in [6, 6.07) is 17.0. The molecule has 1 atom stereocenters. The lowest BCUT2D eigenvalue weighted by atomic mass is 10.0. The number of ether oxygens (including phenoxy) is 1. The molecule has 0 spiro atoms. The number of anilines is 1. The Morgan fingerprint density at radius 3 is 2.33 bits per heavy atom. The van der Waals surface area contributed by atoms with Crippen molar-refractivity contribution in [1.29, 1.82) is 0 Å². The van der Waals surface area contributed by atoms with E-state index in [0.29, 0.717) is 5.56 Å². The summed E-state index contributed by atoms with van der Waals surface area (Å²) in [6.07, 6.45) is 1.50. The zero-order valence-electron chi connectivity index (χ0n) is 18.8. The molecular weight excluding hydrogens is 443 g/mol. The van der Waals surface area contributed by atoms with Crippen molar-refractivity contribution >= 4 is 21.6 Å². The number of amides is 1. The molecule has 3 aromatic carbocycles. The average molecular weight is 471 g/mol. The average Bonchev–Trinajstić information content (AvgIpc) is 2.79. The van der Waals surface area contributed by atoms with E-state index in [4.69, 9.17) is 4.74 Å². The molecule has 8 heteroatoms. The third kappa shape index (κ3) is 6.55. The van der Waals surface area contributed by atoms with Crippen LogP contribution >= 0.6 is 0 Å². The van der Waals surface area contributed by atoms with Crippen LogP contribution in [0.3, 0.4) is 0 Å². The fraction of sp³-hybridized carbons (Fsp3) is 0.240. The summed E-state index contributed by atoms with van der Waals surface area (Å²) in [5.41, 5.74) is 2.31. The highest BCUT2D eigenvalue weighted by Gasteiger charge is 2.19. The van der Waals surface area contributed by atoms with Crippen molar-refractivity contribution in [3.63, 3.8) is 0 Å². The van der Waals surface area contributed by atoms with Crippen molar-refractivity contribution in [3.8, 4) is 5.75 Å². The number of rotatable bonds is 9. The molecule has 0 saturated heterocycles. The fourth-order valence-electron chi connectivity index (χ4n) is 3.29. The van der Waals surface area contributed by atoms with Gasteiger partial charge in [0.1, 0.15) is 11.6 Å². The third-order valence-electron chi connectivity index (χ3n) is 5.26. The van der Waals surface area contributed by atoms with Crippen LogP contribution in [0.1, 0.15) is 34.8 Å². The van der Waals surface area contributed by atoms with Crippen LogP contribution in [0.2, 0.25) is 0 Å². The van der Waals surface area contributed by atoms with Crippen molar-refractivity contribution < 1.29 is 22.3 Å². The van der Waals surface area contributed by atoms with E-state index in [0.717, 1.165) is 24.2 Å². The maximum Gasteiger partial charge on any atom is 0.261 e. The van der Waals surface area contributed by atoms with E-state index in [1.165, 1.54) is 36.4 Å². The minimum atomic E-state index is -3.94. The maximum absolute atomic E-state index is 13.1. The molecule has 0 fully saturated rings.